The van der Waals surface area contributed by atoms with E-state index in [9.17, 15) is 29.1 Å². The number of hydrogen-bond donors (Lipinski definition) is 1. The number of hydrogen-bond acceptors (Lipinski definition) is 11. The minimum Gasteiger partial charge on any atom is -0.462 e. The van der Waals surface area contributed by atoms with Gasteiger partial charge in [0.1, 0.15) is 18.3 Å². The summed E-state index contributed by atoms with van der Waals surface area (Å²) in [5.41, 5.74) is -0.448. The van der Waals surface area contributed by atoms with E-state index < -0.39 is 83.0 Å². The fourth-order valence-electron chi connectivity index (χ4n) is 7.79. The summed E-state index contributed by atoms with van der Waals surface area (Å²) in [6.45, 7) is 13.7. The number of aliphatic hydroxyl groups is 1. The number of carbonyl (C=O) groups excluding carboxylic acids is 5. The van der Waals surface area contributed by atoms with Gasteiger partial charge < -0.3 is 28.8 Å². The van der Waals surface area contributed by atoms with Crippen LogP contribution in [0.2, 0.25) is 0 Å². The summed E-state index contributed by atoms with van der Waals surface area (Å²) in [4.78, 5) is 62.0. The SMILES string of the molecule is CC(=O)O[C@H]1C[C@H]2C[C@@H]3[C@@H](CO)[C@@H](OC(C)=O)C[C@H](OC(C)=O)[C@@]3(C)[C@@H](OC(C)=O)[C@H](OC(C)=O)C(=C1C)C2(C)C. The second kappa shape index (κ2) is 12.1. The first kappa shape index (κ1) is 32.6. The molecule has 2 saturated carbocycles. The van der Waals surface area contributed by atoms with Crippen LogP contribution in [-0.4, -0.2) is 72.1 Å². The maximum absolute atomic E-state index is 12.7. The van der Waals surface area contributed by atoms with Crippen LogP contribution in [-0.2, 0) is 47.7 Å². The van der Waals surface area contributed by atoms with Crippen LogP contribution >= 0.6 is 0 Å². The molecule has 0 aromatic rings. The molecule has 0 amide bonds. The van der Waals surface area contributed by atoms with Gasteiger partial charge in [0.05, 0.1) is 0 Å². The van der Waals surface area contributed by atoms with Crippen molar-refractivity contribution in [3.8, 4) is 0 Å². The highest BCUT2D eigenvalue weighted by Gasteiger charge is 2.65. The van der Waals surface area contributed by atoms with Gasteiger partial charge in [-0.25, -0.2) is 0 Å². The Labute approximate surface area is 241 Å². The summed E-state index contributed by atoms with van der Waals surface area (Å²) < 4.78 is 29.3. The quantitative estimate of drug-likeness (QED) is 0.280. The fraction of sp³-hybridized carbons (Fsp3) is 0.767. The molecule has 3 aliphatic rings. The highest BCUT2D eigenvalue weighted by molar-refractivity contribution is 5.69. The minimum absolute atomic E-state index is 0.0457. The summed E-state index contributed by atoms with van der Waals surface area (Å²) in [5, 5.41) is 10.7. The van der Waals surface area contributed by atoms with E-state index in [0.29, 0.717) is 24.0 Å². The van der Waals surface area contributed by atoms with Crippen LogP contribution in [0.15, 0.2) is 11.1 Å². The van der Waals surface area contributed by atoms with Gasteiger partial charge in [-0.1, -0.05) is 20.8 Å². The molecule has 3 rings (SSSR count). The van der Waals surface area contributed by atoms with Gasteiger partial charge in [-0.3, -0.25) is 24.0 Å². The van der Waals surface area contributed by atoms with E-state index in [0.717, 1.165) is 0 Å². The Morgan fingerprint density at radius 1 is 0.756 bits per heavy atom. The lowest BCUT2D eigenvalue weighted by molar-refractivity contribution is -0.236. The molecule has 2 fully saturated rings. The molecule has 0 heterocycles. The lowest BCUT2D eigenvalue weighted by Crippen LogP contribution is -2.66. The Hall–Kier alpha value is -2.95. The zero-order chi connectivity index (χ0) is 31.0. The van der Waals surface area contributed by atoms with Crippen LogP contribution in [0, 0.1) is 28.6 Å². The van der Waals surface area contributed by atoms with Gasteiger partial charge in [-0.2, -0.15) is 0 Å². The van der Waals surface area contributed by atoms with Gasteiger partial charge >= 0.3 is 29.8 Å². The third kappa shape index (κ3) is 6.29. The maximum atomic E-state index is 12.7. The molecular weight excluding hydrogens is 536 g/mol. The van der Waals surface area contributed by atoms with Gasteiger partial charge in [0.15, 0.2) is 12.2 Å². The highest BCUT2D eigenvalue weighted by Crippen LogP contribution is 2.61. The predicted octanol–water partition coefficient (Wildman–Crippen LogP) is 3.05. The number of rotatable bonds is 6. The van der Waals surface area contributed by atoms with Crippen LogP contribution in [0.25, 0.3) is 0 Å². The lowest BCUT2D eigenvalue weighted by atomic mass is 9.48. The standard InChI is InChI=1S/C30H44O11/c1-14-23(37-15(2)32)11-20-10-22-21(13-31)24(38-16(3)33)12-25(39-17(4)34)30(22,9)28(41-19(6)36)27(40-18(5)35)26(14)29(20,7)8/h20-25,27-28,31H,10-13H2,1-9H3/t20-,21-,22-,23+,24+,25+,27-,28+,30+/m1/s1. The van der Waals surface area contributed by atoms with Crippen LogP contribution in [0.4, 0.5) is 0 Å². The van der Waals surface area contributed by atoms with Gasteiger partial charge in [-0.05, 0) is 48.2 Å². The van der Waals surface area contributed by atoms with Crippen molar-refractivity contribution in [3.05, 3.63) is 11.1 Å². The number of ether oxygens (including phenoxy) is 5. The van der Waals surface area contributed by atoms with E-state index in [1.807, 2.05) is 27.7 Å². The van der Waals surface area contributed by atoms with Crippen molar-refractivity contribution in [2.75, 3.05) is 6.61 Å². The predicted molar refractivity (Wildman–Crippen MR) is 144 cm³/mol. The number of esters is 5. The molecule has 41 heavy (non-hydrogen) atoms. The summed E-state index contributed by atoms with van der Waals surface area (Å²) in [5.74, 6) is -4.20. The van der Waals surface area contributed by atoms with Crippen molar-refractivity contribution in [1.82, 2.24) is 0 Å². The largest absolute Gasteiger partial charge is 0.462 e. The normalized spacial score (nSPS) is 36.0. The Bertz CT molecular complexity index is 1110. The average Bonchev–Trinajstić information content (AvgIpc) is 2.81. The first-order valence-electron chi connectivity index (χ1n) is 14.1. The Morgan fingerprint density at radius 2 is 1.29 bits per heavy atom. The van der Waals surface area contributed by atoms with E-state index in [2.05, 4.69) is 0 Å². The first-order valence-corrected chi connectivity index (χ1v) is 14.1. The van der Waals surface area contributed by atoms with Gasteiger partial charge in [0, 0.05) is 59.0 Å². The third-order valence-electron chi connectivity index (χ3n) is 9.50. The van der Waals surface area contributed by atoms with Crippen molar-refractivity contribution in [2.45, 2.75) is 112 Å². The molecule has 0 radical (unpaired) electrons. The van der Waals surface area contributed by atoms with Crippen LogP contribution in [0.3, 0.4) is 0 Å². The van der Waals surface area contributed by atoms with Crippen molar-refractivity contribution in [1.29, 1.82) is 0 Å². The minimum atomic E-state index is -1.18. The second-order valence-corrected chi connectivity index (χ2v) is 12.4. The monoisotopic (exact) mass is 580 g/mol. The number of aliphatic hydroxyl groups excluding tert-OH is 1. The molecular formula is C30H44O11. The molecule has 0 unspecified atom stereocenters. The van der Waals surface area contributed by atoms with Crippen molar-refractivity contribution in [2.24, 2.45) is 28.6 Å². The van der Waals surface area contributed by atoms with E-state index >= 15 is 0 Å². The molecule has 0 aliphatic heterocycles. The highest BCUT2D eigenvalue weighted by atomic mass is 16.6. The summed E-state index contributed by atoms with van der Waals surface area (Å²) in [7, 11) is 0. The van der Waals surface area contributed by atoms with E-state index in [1.165, 1.54) is 34.6 Å². The summed E-state index contributed by atoms with van der Waals surface area (Å²) in [6.07, 6.45) is -3.70. The van der Waals surface area contributed by atoms with E-state index in [-0.39, 0.29) is 18.9 Å². The third-order valence-corrected chi connectivity index (χ3v) is 9.50. The Balaban J connectivity index is 2.41. The zero-order valence-electron chi connectivity index (χ0n) is 25.5. The van der Waals surface area contributed by atoms with Gasteiger partial charge in [0.2, 0.25) is 0 Å². The van der Waals surface area contributed by atoms with Crippen molar-refractivity contribution in [3.63, 3.8) is 0 Å². The summed E-state index contributed by atoms with van der Waals surface area (Å²) >= 11 is 0. The van der Waals surface area contributed by atoms with E-state index in [4.69, 9.17) is 23.7 Å². The molecule has 1 N–H and O–H groups in total. The van der Waals surface area contributed by atoms with Crippen molar-refractivity contribution < 1.29 is 52.8 Å². The first-order chi connectivity index (χ1) is 18.9. The second-order valence-electron chi connectivity index (χ2n) is 12.4. The van der Waals surface area contributed by atoms with Gasteiger partial charge in [-0.15, -0.1) is 0 Å². The molecule has 0 aromatic heterocycles. The topological polar surface area (TPSA) is 152 Å². The molecule has 0 spiro atoms. The van der Waals surface area contributed by atoms with Crippen LogP contribution < -0.4 is 0 Å². The molecule has 0 aromatic carbocycles. The Kier molecular flexibility index (Phi) is 9.62. The molecule has 3 aliphatic carbocycles. The van der Waals surface area contributed by atoms with E-state index in [1.54, 1.807) is 0 Å². The zero-order valence-corrected chi connectivity index (χ0v) is 25.5. The molecule has 2 bridgehead atoms. The van der Waals surface area contributed by atoms with Crippen LogP contribution in [0.5, 0.6) is 0 Å². The number of fused-ring (bicyclic) bond motifs is 3. The number of carbonyl (C=O) groups is 5. The molecule has 230 valence electrons. The van der Waals surface area contributed by atoms with Gasteiger partial charge in [0.25, 0.3) is 0 Å². The maximum Gasteiger partial charge on any atom is 0.303 e. The van der Waals surface area contributed by atoms with Crippen molar-refractivity contribution >= 4 is 29.8 Å². The average molecular weight is 581 g/mol. The molecule has 11 nitrogen and oxygen atoms in total. The fourth-order valence-corrected chi connectivity index (χ4v) is 7.79. The Morgan fingerprint density at radius 3 is 1.78 bits per heavy atom. The molecule has 11 heteroatoms. The smallest absolute Gasteiger partial charge is 0.303 e. The lowest BCUT2D eigenvalue weighted by Gasteiger charge is -2.60. The molecule has 0 saturated heterocycles. The molecule has 9 atom stereocenters. The summed E-state index contributed by atoms with van der Waals surface area (Å²) in [6, 6.07) is 0. The van der Waals surface area contributed by atoms with Crippen LogP contribution in [0.1, 0.15) is 81.6 Å².